The molecule has 1 aliphatic heterocycles. The summed E-state index contributed by atoms with van der Waals surface area (Å²) in [5, 5.41) is 8.81. The molecule has 0 radical (unpaired) electrons. The van der Waals surface area contributed by atoms with Crippen molar-refractivity contribution >= 4 is 21.5 Å². The van der Waals surface area contributed by atoms with Gasteiger partial charge in [-0.15, -0.1) is 10.2 Å². The third kappa shape index (κ3) is 4.79. The van der Waals surface area contributed by atoms with Crippen LogP contribution in [-0.2, 0) is 10.0 Å². The predicted molar refractivity (Wildman–Crippen MR) is 120 cm³/mol. The third-order valence-electron chi connectivity index (χ3n) is 5.29. The van der Waals surface area contributed by atoms with Gasteiger partial charge in [0.25, 0.3) is 10.0 Å². The van der Waals surface area contributed by atoms with Crippen LogP contribution in [0.2, 0.25) is 0 Å². The second kappa shape index (κ2) is 8.83. The minimum Gasteiger partial charge on any atom is -0.355 e. The number of benzene rings is 2. The lowest BCUT2D eigenvalue weighted by Crippen LogP contribution is -2.25. The van der Waals surface area contributed by atoms with E-state index in [1.165, 1.54) is 25.7 Å². The van der Waals surface area contributed by atoms with Crippen LogP contribution in [0, 0.1) is 6.92 Å². The number of nitrogens with one attached hydrogen (secondary N) is 1. The van der Waals surface area contributed by atoms with Gasteiger partial charge in [0.05, 0.1) is 10.6 Å². The molecule has 1 saturated heterocycles. The van der Waals surface area contributed by atoms with Crippen molar-refractivity contribution < 1.29 is 8.42 Å². The number of anilines is 2. The Balaban J connectivity index is 1.53. The van der Waals surface area contributed by atoms with E-state index in [2.05, 4.69) is 19.8 Å². The van der Waals surface area contributed by atoms with Crippen molar-refractivity contribution in [2.75, 3.05) is 22.7 Å². The maximum atomic E-state index is 12.7. The number of rotatable bonds is 5. The summed E-state index contributed by atoms with van der Waals surface area (Å²) in [6.45, 7) is 3.90. The largest absolute Gasteiger partial charge is 0.355 e. The third-order valence-corrected chi connectivity index (χ3v) is 6.67. The molecule has 156 valence electrons. The summed E-state index contributed by atoms with van der Waals surface area (Å²) >= 11 is 0. The molecule has 0 unspecified atom stereocenters. The van der Waals surface area contributed by atoms with Gasteiger partial charge in [-0.05, 0) is 61.7 Å². The minimum absolute atomic E-state index is 0.245. The number of hydrogen-bond donors (Lipinski definition) is 1. The van der Waals surface area contributed by atoms with Crippen molar-refractivity contribution in [3.63, 3.8) is 0 Å². The van der Waals surface area contributed by atoms with Gasteiger partial charge in [-0.1, -0.05) is 37.1 Å². The molecule has 6 nitrogen and oxygen atoms in total. The molecule has 2 heterocycles. The molecule has 2 aromatic carbocycles. The van der Waals surface area contributed by atoms with Crippen LogP contribution in [0.25, 0.3) is 11.3 Å². The molecule has 1 N–H and O–H groups in total. The van der Waals surface area contributed by atoms with Crippen LogP contribution in [0.4, 0.5) is 11.5 Å². The van der Waals surface area contributed by atoms with E-state index in [0.29, 0.717) is 11.4 Å². The monoisotopic (exact) mass is 422 g/mol. The van der Waals surface area contributed by atoms with Crippen LogP contribution >= 0.6 is 0 Å². The molecule has 7 heteroatoms. The smallest absolute Gasteiger partial charge is 0.261 e. The normalized spacial score (nSPS) is 14.9. The topological polar surface area (TPSA) is 75.2 Å². The van der Waals surface area contributed by atoms with Gasteiger partial charge in [-0.25, -0.2) is 8.42 Å². The van der Waals surface area contributed by atoms with Crippen LogP contribution in [0.5, 0.6) is 0 Å². The lowest BCUT2D eigenvalue weighted by atomic mass is 10.1. The summed E-state index contributed by atoms with van der Waals surface area (Å²) < 4.78 is 28.1. The van der Waals surface area contributed by atoms with E-state index in [1.54, 1.807) is 30.3 Å². The molecule has 30 heavy (non-hydrogen) atoms. The second-order valence-electron chi connectivity index (χ2n) is 7.68. The highest BCUT2D eigenvalue weighted by atomic mass is 32.2. The maximum absolute atomic E-state index is 12.7. The van der Waals surface area contributed by atoms with Crippen LogP contribution in [-0.4, -0.2) is 31.7 Å². The fraction of sp³-hybridized carbons (Fsp3) is 0.304. The van der Waals surface area contributed by atoms with Crippen molar-refractivity contribution in [1.29, 1.82) is 0 Å². The molecule has 0 saturated carbocycles. The fourth-order valence-electron chi connectivity index (χ4n) is 3.69. The summed E-state index contributed by atoms with van der Waals surface area (Å²) in [6, 6.07) is 18.0. The van der Waals surface area contributed by atoms with Gasteiger partial charge >= 0.3 is 0 Å². The summed E-state index contributed by atoms with van der Waals surface area (Å²) in [5.74, 6) is 0.900. The molecule has 1 aliphatic rings. The highest BCUT2D eigenvalue weighted by Crippen LogP contribution is 2.24. The fourth-order valence-corrected chi connectivity index (χ4v) is 4.84. The SMILES string of the molecule is Cc1cccc(S(=O)(=O)Nc2cccc(-c3ccc(N4CCCCCC4)nn3)c2)c1. The van der Waals surface area contributed by atoms with Crippen molar-refractivity contribution in [2.45, 2.75) is 37.5 Å². The van der Waals surface area contributed by atoms with E-state index >= 15 is 0 Å². The highest BCUT2D eigenvalue weighted by molar-refractivity contribution is 7.92. The molecule has 0 aliphatic carbocycles. The Hall–Kier alpha value is -2.93. The van der Waals surface area contributed by atoms with Gasteiger partial charge in [-0.2, -0.15) is 0 Å². The Labute approximate surface area is 178 Å². The first kappa shape index (κ1) is 20.3. The average molecular weight is 423 g/mol. The number of aromatic nitrogens is 2. The average Bonchev–Trinajstić information content (AvgIpc) is 3.03. The standard InChI is InChI=1S/C23H26N4O2S/c1-18-8-6-11-21(16-18)30(28,29)26-20-10-7-9-19(17-20)22-12-13-23(25-24-22)27-14-4-2-3-5-15-27/h6-13,16-17,26H,2-5,14-15H2,1H3. The summed E-state index contributed by atoms with van der Waals surface area (Å²) in [4.78, 5) is 2.53. The lowest BCUT2D eigenvalue weighted by Gasteiger charge is -2.20. The number of hydrogen-bond acceptors (Lipinski definition) is 5. The first-order chi connectivity index (χ1) is 14.5. The zero-order valence-electron chi connectivity index (χ0n) is 17.1. The Morgan fingerprint density at radius 3 is 2.33 bits per heavy atom. The first-order valence-corrected chi connectivity index (χ1v) is 11.8. The van der Waals surface area contributed by atoms with Crippen LogP contribution < -0.4 is 9.62 Å². The van der Waals surface area contributed by atoms with Gasteiger partial charge in [0.15, 0.2) is 5.82 Å². The Bertz CT molecular complexity index is 1110. The van der Waals surface area contributed by atoms with E-state index in [-0.39, 0.29) is 4.90 Å². The molecular formula is C23H26N4O2S. The van der Waals surface area contributed by atoms with Crippen LogP contribution in [0.15, 0.2) is 65.6 Å². The van der Waals surface area contributed by atoms with E-state index < -0.39 is 10.0 Å². The van der Waals surface area contributed by atoms with E-state index in [1.807, 2.05) is 37.3 Å². The maximum Gasteiger partial charge on any atom is 0.261 e. The number of sulfonamides is 1. The van der Waals surface area contributed by atoms with Gasteiger partial charge in [0, 0.05) is 24.3 Å². The molecule has 3 aromatic rings. The molecule has 0 bridgehead atoms. The molecule has 0 atom stereocenters. The molecule has 1 fully saturated rings. The predicted octanol–water partition coefficient (Wildman–Crippen LogP) is 4.63. The Morgan fingerprint density at radius 1 is 0.867 bits per heavy atom. The molecule has 4 rings (SSSR count). The summed E-state index contributed by atoms with van der Waals surface area (Å²) in [6.07, 6.45) is 4.92. The van der Waals surface area contributed by atoms with Crippen LogP contribution in [0.1, 0.15) is 31.2 Å². The second-order valence-corrected chi connectivity index (χ2v) is 9.36. The lowest BCUT2D eigenvalue weighted by molar-refractivity contribution is 0.601. The quantitative estimate of drug-likeness (QED) is 0.649. The number of nitrogens with zero attached hydrogens (tertiary/aromatic N) is 3. The molecule has 1 aromatic heterocycles. The first-order valence-electron chi connectivity index (χ1n) is 10.3. The van der Waals surface area contributed by atoms with Gasteiger partial charge in [-0.3, -0.25) is 4.72 Å². The zero-order valence-corrected chi connectivity index (χ0v) is 17.9. The summed E-state index contributed by atoms with van der Waals surface area (Å²) in [7, 11) is -3.65. The zero-order chi connectivity index (χ0) is 21.0. The van der Waals surface area contributed by atoms with E-state index in [4.69, 9.17) is 0 Å². The summed E-state index contributed by atoms with van der Waals surface area (Å²) in [5.41, 5.74) is 2.92. The van der Waals surface area contributed by atoms with Crippen LogP contribution in [0.3, 0.4) is 0 Å². The molecule has 0 amide bonds. The van der Waals surface area contributed by atoms with Gasteiger partial charge < -0.3 is 4.90 Å². The Morgan fingerprint density at radius 2 is 1.63 bits per heavy atom. The van der Waals surface area contributed by atoms with Gasteiger partial charge in [0.1, 0.15) is 0 Å². The van der Waals surface area contributed by atoms with E-state index in [9.17, 15) is 8.42 Å². The van der Waals surface area contributed by atoms with Crippen molar-refractivity contribution in [1.82, 2.24) is 10.2 Å². The molecule has 0 spiro atoms. The molecular weight excluding hydrogens is 396 g/mol. The van der Waals surface area contributed by atoms with Crippen molar-refractivity contribution in [3.8, 4) is 11.3 Å². The van der Waals surface area contributed by atoms with E-state index in [0.717, 1.165) is 30.0 Å². The van der Waals surface area contributed by atoms with Crippen molar-refractivity contribution in [2.24, 2.45) is 0 Å². The highest BCUT2D eigenvalue weighted by Gasteiger charge is 2.15. The minimum atomic E-state index is -3.65. The number of aryl methyl sites for hydroxylation is 1. The Kier molecular flexibility index (Phi) is 5.99. The van der Waals surface area contributed by atoms with Crippen molar-refractivity contribution in [3.05, 3.63) is 66.2 Å². The van der Waals surface area contributed by atoms with Gasteiger partial charge in [0.2, 0.25) is 0 Å².